The molecule has 13 heteroatoms. The number of hydrogen-bond donors (Lipinski definition) is 3. The van der Waals surface area contributed by atoms with Gasteiger partial charge in [-0.15, -0.1) is 0 Å². The second kappa shape index (κ2) is 20.2. The van der Waals surface area contributed by atoms with Gasteiger partial charge in [-0.05, 0) is 56.6 Å². The van der Waals surface area contributed by atoms with E-state index in [4.69, 9.17) is 14.2 Å². The number of amides is 4. The van der Waals surface area contributed by atoms with Crippen LogP contribution in [0.1, 0.15) is 85.6 Å². The number of carbonyl (C=O) groups excluding carboxylic acids is 5. The smallest absolute Gasteiger partial charge is 0.328 e. The van der Waals surface area contributed by atoms with E-state index in [0.29, 0.717) is 19.4 Å². The summed E-state index contributed by atoms with van der Waals surface area (Å²) >= 11 is 0. The van der Waals surface area contributed by atoms with Crippen molar-refractivity contribution in [2.45, 2.75) is 128 Å². The molecule has 0 aliphatic carbocycles. The molecule has 3 rings (SSSR count). The van der Waals surface area contributed by atoms with Crippen LogP contribution >= 0.6 is 0 Å². The van der Waals surface area contributed by atoms with E-state index in [2.05, 4.69) is 16.0 Å². The van der Waals surface area contributed by atoms with E-state index < -0.39 is 47.8 Å². The highest BCUT2D eigenvalue weighted by molar-refractivity contribution is 5.92. The maximum Gasteiger partial charge on any atom is 0.328 e. The number of likely N-dealkylation sites (tertiary alicyclic amines) is 1. The maximum atomic E-state index is 14.2. The van der Waals surface area contributed by atoms with Crippen molar-refractivity contribution in [1.29, 1.82) is 0 Å². The highest BCUT2D eigenvalue weighted by Crippen LogP contribution is 2.30. The number of ether oxygens (including phenoxy) is 3. The summed E-state index contributed by atoms with van der Waals surface area (Å²) in [4.78, 5) is 71.4. The molecule has 9 atom stereocenters. The number of nitrogens with one attached hydrogen (secondary N) is 3. The van der Waals surface area contributed by atoms with Crippen molar-refractivity contribution in [2.75, 3.05) is 41.5 Å². The Hall–Kier alpha value is -3.55. The summed E-state index contributed by atoms with van der Waals surface area (Å²) < 4.78 is 16.9. The summed E-state index contributed by atoms with van der Waals surface area (Å²) in [5.41, 5.74) is 0.155. The number of rotatable bonds is 19. The molecule has 0 saturated carbocycles. The Balaban J connectivity index is 1.77. The summed E-state index contributed by atoms with van der Waals surface area (Å²) in [6, 6.07) is 6.90. The summed E-state index contributed by atoms with van der Waals surface area (Å²) in [7, 11) is 6.10. The summed E-state index contributed by atoms with van der Waals surface area (Å²) in [5.74, 6) is -2.40. The molecule has 2 fully saturated rings. The van der Waals surface area contributed by atoms with Gasteiger partial charge in [-0.3, -0.25) is 19.2 Å². The lowest BCUT2D eigenvalue weighted by molar-refractivity contribution is -0.149. The zero-order chi connectivity index (χ0) is 39.5. The van der Waals surface area contributed by atoms with Crippen molar-refractivity contribution in [2.24, 2.45) is 17.8 Å². The maximum absolute atomic E-state index is 14.2. The van der Waals surface area contributed by atoms with Crippen molar-refractivity contribution in [1.82, 2.24) is 25.8 Å². The Morgan fingerprint density at radius 2 is 1.68 bits per heavy atom. The molecule has 0 spiro atoms. The highest BCUT2D eigenvalue weighted by Gasteiger charge is 2.44. The fraction of sp³-hybridized carbons (Fsp3) is 0.725. The van der Waals surface area contributed by atoms with Gasteiger partial charge in [0.25, 0.3) is 0 Å². The number of benzene rings is 1. The molecule has 0 bridgehead atoms. The van der Waals surface area contributed by atoms with Crippen LogP contribution in [-0.2, 0) is 44.6 Å². The number of nitrogens with zero attached hydrogens (tertiary/aromatic N) is 2. The molecule has 2 heterocycles. The average molecular weight is 744 g/mol. The van der Waals surface area contributed by atoms with E-state index in [1.165, 1.54) is 14.2 Å². The zero-order valence-corrected chi connectivity index (χ0v) is 33.6. The highest BCUT2D eigenvalue weighted by atomic mass is 16.5. The molecule has 13 nitrogen and oxygen atoms in total. The Kier molecular flexibility index (Phi) is 16.7. The van der Waals surface area contributed by atoms with Crippen molar-refractivity contribution in [3.8, 4) is 0 Å². The SMILES string of the molecule is CCC(C)C(C(CC(=O)N1CCCC1C(OC)C(C)C(=O)NC(Cc1ccccc1)C(=O)OC)OC)N(C)C(=O)C(NC(=O)C1(C)CCCN1)C(C)C. The van der Waals surface area contributed by atoms with Crippen LogP contribution in [0.2, 0.25) is 0 Å². The number of hydrogen-bond acceptors (Lipinski definition) is 9. The molecule has 298 valence electrons. The van der Waals surface area contributed by atoms with Gasteiger partial charge in [-0.2, -0.15) is 0 Å². The normalized spacial score (nSPS) is 22.6. The van der Waals surface area contributed by atoms with Crippen LogP contribution in [-0.4, -0.2) is 123 Å². The molecule has 9 unspecified atom stereocenters. The Bertz CT molecular complexity index is 1370. The first-order chi connectivity index (χ1) is 25.1. The standard InChI is InChI=1S/C40H65N5O8/c1-11-26(4)34(44(7)37(48)33(25(2)3)43-39(50)40(6)20-16-21-41-40)31(51-8)24-32(46)45-22-15-19-30(45)35(52-9)27(5)36(47)42-29(38(49)53-10)23-28-17-13-12-14-18-28/h12-14,17-18,25-27,29-31,33-35,41H,11,15-16,19-24H2,1-10H3,(H,42,47)(H,43,50). The average Bonchev–Trinajstić information content (AvgIpc) is 3.83. The number of methoxy groups -OCH3 is 3. The summed E-state index contributed by atoms with van der Waals surface area (Å²) in [6.45, 7) is 12.8. The van der Waals surface area contributed by atoms with E-state index in [9.17, 15) is 24.0 Å². The molecule has 0 radical (unpaired) electrons. The number of carbonyl (C=O) groups is 5. The van der Waals surface area contributed by atoms with Crippen LogP contribution in [0, 0.1) is 17.8 Å². The molecular formula is C40H65N5O8. The van der Waals surface area contributed by atoms with Gasteiger partial charge in [0.2, 0.25) is 23.6 Å². The van der Waals surface area contributed by atoms with E-state index in [0.717, 1.165) is 31.4 Å². The van der Waals surface area contributed by atoms with Crippen LogP contribution in [0.3, 0.4) is 0 Å². The molecule has 2 aliphatic heterocycles. The van der Waals surface area contributed by atoms with Crippen LogP contribution in [0.25, 0.3) is 0 Å². The number of esters is 1. The lowest BCUT2D eigenvalue weighted by Crippen LogP contribution is -2.61. The van der Waals surface area contributed by atoms with Gasteiger partial charge in [-0.25, -0.2) is 4.79 Å². The first-order valence-electron chi connectivity index (χ1n) is 19.2. The monoisotopic (exact) mass is 743 g/mol. The number of likely N-dealkylation sites (N-methyl/N-ethyl adjacent to an activating group) is 1. The molecule has 4 amide bonds. The van der Waals surface area contributed by atoms with Crippen LogP contribution in [0.15, 0.2) is 30.3 Å². The third kappa shape index (κ3) is 11.0. The lowest BCUT2D eigenvalue weighted by Gasteiger charge is -2.41. The second-order valence-electron chi connectivity index (χ2n) is 15.4. The van der Waals surface area contributed by atoms with Gasteiger partial charge < -0.3 is 40.0 Å². The van der Waals surface area contributed by atoms with Crippen molar-refractivity contribution in [3.05, 3.63) is 35.9 Å². The van der Waals surface area contributed by atoms with Crippen molar-refractivity contribution < 1.29 is 38.2 Å². The third-order valence-electron chi connectivity index (χ3n) is 11.4. The van der Waals surface area contributed by atoms with E-state index >= 15 is 0 Å². The van der Waals surface area contributed by atoms with E-state index in [1.807, 2.05) is 65.0 Å². The minimum absolute atomic E-state index is 0.0127. The molecular weight excluding hydrogens is 678 g/mol. The molecule has 2 saturated heterocycles. The molecule has 3 N–H and O–H groups in total. The quantitative estimate of drug-likeness (QED) is 0.181. The lowest BCUT2D eigenvalue weighted by atomic mass is 9.89. The molecule has 1 aromatic carbocycles. The Morgan fingerprint density at radius 1 is 1.00 bits per heavy atom. The minimum Gasteiger partial charge on any atom is -0.467 e. The molecule has 53 heavy (non-hydrogen) atoms. The van der Waals surface area contributed by atoms with Crippen LogP contribution in [0.4, 0.5) is 0 Å². The van der Waals surface area contributed by atoms with Gasteiger partial charge in [0, 0.05) is 34.2 Å². The molecule has 0 aromatic heterocycles. The Morgan fingerprint density at radius 3 is 2.23 bits per heavy atom. The largest absolute Gasteiger partial charge is 0.467 e. The van der Waals surface area contributed by atoms with Gasteiger partial charge in [-0.1, -0.05) is 71.4 Å². The fourth-order valence-electron chi connectivity index (χ4n) is 7.92. The first kappa shape index (κ1) is 43.9. The Labute approximate surface area is 316 Å². The molecule has 2 aliphatic rings. The van der Waals surface area contributed by atoms with Crippen molar-refractivity contribution in [3.63, 3.8) is 0 Å². The van der Waals surface area contributed by atoms with E-state index in [1.54, 1.807) is 30.9 Å². The second-order valence-corrected chi connectivity index (χ2v) is 15.4. The summed E-state index contributed by atoms with van der Waals surface area (Å²) in [5, 5.41) is 9.16. The van der Waals surface area contributed by atoms with Gasteiger partial charge in [0.05, 0.1) is 49.3 Å². The van der Waals surface area contributed by atoms with Crippen LogP contribution < -0.4 is 16.0 Å². The van der Waals surface area contributed by atoms with Gasteiger partial charge >= 0.3 is 5.97 Å². The zero-order valence-electron chi connectivity index (χ0n) is 33.6. The van der Waals surface area contributed by atoms with Crippen LogP contribution in [0.5, 0.6) is 0 Å². The minimum atomic E-state index is -0.887. The van der Waals surface area contributed by atoms with Gasteiger partial charge in [0.1, 0.15) is 12.1 Å². The van der Waals surface area contributed by atoms with Gasteiger partial charge in [0.15, 0.2) is 0 Å². The fourth-order valence-corrected chi connectivity index (χ4v) is 7.92. The van der Waals surface area contributed by atoms with Crippen molar-refractivity contribution >= 4 is 29.6 Å². The topological polar surface area (TPSA) is 156 Å². The predicted octanol–water partition coefficient (Wildman–Crippen LogP) is 3.09. The first-order valence-corrected chi connectivity index (χ1v) is 19.2. The third-order valence-corrected chi connectivity index (χ3v) is 11.4. The van der Waals surface area contributed by atoms with E-state index in [-0.39, 0.29) is 54.3 Å². The summed E-state index contributed by atoms with van der Waals surface area (Å²) in [6.07, 6.45) is 2.71. The molecule has 1 aromatic rings. The predicted molar refractivity (Wildman–Crippen MR) is 203 cm³/mol.